The van der Waals surface area contributed by atoms with E-state index in [1.165, 1.54) is 25.3 Å². The molecule has 1 aromatic carbocycles. The third-order valence-electron chi connectivity index (χ3n) is 3.27. The number of pyridine rings is 1. The molecule has 0 aliphatic rings. The highest BCUT2D eigenvalue weighted by Gasteiger charge is 2.17. The van der Waals surface area contributed by atoms with Crippen LogP contribution >= 0.6 is 0 Å². The zero-order valence-corrected chi connectivity index (χ0v) is 14.7. The Kier molecular flexibility index (Phi) is 5.32. The molecule has 2 amide bonds. The van der Waals surface area contributed by atoms with Crippen molar-refractivity contribution in [3.05, 3.63) is 59.4 Å². The molecular formula is C19H21N3O3. The van der Waals surface area contributed by atoms with Gasteiger partial charge >= 0.3 is 0 Å². The van der Waals surface area contributed by atoms with Crippen LogP contribution in [-0.2, 0) is 0 Å². The lowest BCUT2D eigenvalue weighted by atomic mass is 10.1. The van der Waals surface area contributed by atoms with Crippen LogP contribution in [0.15, 0.2) is 42.6 Å². The molecule has 0 saturated heterocycles. The van der Waals surface area contributed by atoms with Gasteiger partial charge in [-0.05, 0) is 52.0 Å². The van der Waals surface area contributed by atoms with Gasteiger partial charge in [0.2, 0.25) is 0 Å². The predicted octanol–water partition coefficient (Wildman–Crippen LogP) is 3.06. The largest absolute Gasteiger partial charge is 0.346 e. The Balaban J connectivity index is 2.17. The fourth-order valence-electron chi connectivity index (χ4n) is 2.12. The minimum atomic E-state index is -0.399. The molecule has 2 N–H and O–H groups in total. The first-order valence-electron chi connectivity index (χ1n) is 7.86. The van der Waals surface area contributed by atoms with Gasteiger partial charge in [-0.3, -0.25) is 19.4 Å². The van der Waals surface area contributed by atoms with Crippen LogP contribution in [0.25, 0.3) is 0 Å². The summed E-state index contributed by atoms with van der Waals surface area (Å²) in [7, 11) is 0. The molecule has 130 valence electrons. The summed E-state index contributed by atoms with van der Waals surface area (Å²) in [5.41, 5.74) is 1.10. The summed E-state index contributed by atoms with van der Waals surface area (Å²) in [5.74, 6) is -0.810. The molecule has 6 heteroatoms. The van der Waals surface area contributed by atoms with Gasteiger partial charge in [-0.25, -0.2) is 0 Å². The first-order valence-corrected chi connectivity index (χ1v) is 7.86. The predicted molar refractivity (Wildman–Crippen MR) is 95.9 cm³/mol. The number of anilines is 1. The molecule has 6 nitrogen and oxygen atoms in total. The van der Waals surface area contributed by atoms with Crippen molar-refractivity contribution in [3.8, 4) is 0 Å². The van der Waals surface area contributed by atoms with E-state index in [-0.39, 0.29) is 23.3 Å². The molecule has 0 aliphatic heterocycles. The molecule has 0 aliphatic carbocycles. The first kappa shape index (κ1) is 18.3. The maximum atomic E-state index is 12.4. The van der Waals surface area contributed by atoms with Crippen molar-refractivity contribution in [2.45, 2.75) is 33.2 Å². The number of carbonyl (C=O) groups excluding carboxylic acids is 3. The maximum Gasteiger partial charge on any atom is 0.270 e. The number of amides is 2. The summed E-state index contributed by atoms with van der Waals surface area (Å²) < 4.78 is 0. The molecule has 0 unspecified atom stereocenters. The zero-order chi connectivity index (χ0) is 18.6. The molecule has 25 heavy (non-hydrogen) atoms. The summed E-state index contributed by atoms with van der Waals surface area (Å²) in [6.07, 6.45) is 1.42. The van der Waals surface area contributed by atoms with Crippen molar-refractivity contribution in [2.75, 3.05) is 5.32 Å². The van der Waals surface area contributed by atoms with Gasteiger partial charge in [0.05, 0.1) is 0 Å². The lowest BCUT2D eigenvalue weighted by molar-refractivity contribution is 0.0913. The van der Waals surface area contributed by atoms with Gasteiger partial charge in [-0.2, -0.15) is 0 Å². The average Bonchev–Trinajstić information content (AvgIpc) is 2.53. The van der Waals surface area contributed by atoms with Gasteiger partial charge in [0.25, 0.3) is 11.8 Å². The topological polar surface area (TPSA) is 88.2 Å². The normalized spacial score (nSPS) is 10.9. The number of nitrogens with one attached hydrogen (secondary N) is 2. The molecule has 2 aromatic rings. The smallest absolute Gasteiger partial charge is 0.270 e. The van der Waals surface area contributed by atoms with Crippen LogP contribution in [0.2, 0.25) is 0 Å². The van der Waals surface area contributed by atoms with Crippen LogP contribution in [0.4, 0.5) is 5.69 Å². The molecule has 0 bridgehead atoms. The van der Waals surface area contributed by atoms with Crippen LogP contribution in [0.3, 0.4) is 0 Å². The van der Waals surface area contributed by atoms with Crippen LogP contribution < -0.4 is 10.6 Å². The van der Waals surface area contributed by atoms with E-state index < -0.39 is 5.54 Å². The Bertz CT molecular complexity index is 823. The van der Waals surface area contributed by atoms with E-state index in [1.54, 1.807) is 24.3 Å². The van der Waals surface area contributed by atoms with Crippen LogP contribution in [0, 0.1) is 0 Å². The van der Waals surface area contributed by atoms with Crippen molar-refractivity contribution >= 4 is 23.3 Å². The first-order chi connectivity index (χ1) is 11.7. The lowest BCUT2D eigenvalue weighted by Gasteiger charge is -2.20. The molecule has 0 radical (unpaired) electrons. The van der Waals surface area contributed by atoms with Crippen molar-refractivity contribution in [2.24, 2.45) is 0 Å². The van der Waals surface area contributed by atoms with E-state index >= 15 is 0 Å². The van der Waals surface area contributed by atoms with Crippen LogP contribution in [0.1, 0.15) is 58.9 Å². The molecule has 0 spiro atoms. The second-order valence-corrected chi connectivity index (χ2v) is 6.72. The van der Waals surface area contributed by atoms with Gasteiger partial charge in [0.1, 0.15) is 5.69 Å². The third-order valence-corrected chi connectivity index (χ3v) is 3.27. The number of carbonyl (C=O) groups is 3. The Hall–Kier alpha value is -3.02. The van der Waals surface area contributed by atoms with Crippen molar-refractivity contribution in [1.29, 1.82) is 0 Å². The lowest BCUT2D eigenvalue weighted by Crippen LogP contribution is -2.41. The van der Waals surface area contributed by atoms with E-state index in [2.05, 4.69) is 15.6 Å². The van der Waals surface area contributed by atoms with E-state index in [1.807, 2.05) is 20.8 Å². The van der Waals surface area contributed by atoms with E-state index in [0.29, 0.717) is 16.8 Å². The number of hydrogen-bond acceptors (Lipinski definition) is 4. The average molecular weight is 339 g/mol. The van der Waals surface area contributed by atoms with Crippen molar-refractivity contribution < 1.29 is 14.4 Å². The van der Waals surface area contributed by atoms with Crippen molar-refractivity contribution in [1.82, 2.24) is 10.3 Å². The fraction of sp³-hybridized carbons (Fsp3) is 0.263. The van der Waals surface area contributed by atoms with Gasteiger partial charge in [0, 0.05) is 28.6 Å². The highest BCUT2D eigenvalue weighted by molar-refractivity contribution is 6.06. The summed E-state index contributed by atoms with van der Waals surface area (Å²) in [4.78, 5) is 40.0. The van der Waals surface area contributed by atoms with Gasteiger partial charge < -0.3 is 10.6 Å². The van der Waals surface area contributed by atoms with Gasteiger partial charge in [0.15, 0.2) is 5.78 Å². The number of ketones is 1. The Morgan fingerprint density at radius 1 is 0.960 bits per heavy atom. The highest BCUT2D eigenvalue weighted by atomic mass is 16.2. The summed E-state index contributed by atoms with van der Waals surface area (Å²) in [6, 6.07) is 9.64. The van der Waals surface area contributed by atoms with Crippen molar-refractivity contribution in [3.63, 3.8) is 0 Å². The number of rotatable bonds is 4. The van der Waals surface area contributed by atoms with Crippen LogP contribution in [0.5, 0.6) is 0 Å². The van der Waals surface area contributed by atoms with Gasteiger partial charge in [-0.15, -0.1) is 0 Å². The van der Waals surface area contributed by atoms with E-state index in [4.69, 9.17) is 0 Å². The molecule has 0 atom stereocenters. The summed E-state index contributed by atoms with van der Waals surface area (Å²) in [5, 5.41) is 5.52. The number of Topliss-reactive ketones (excluding diaryl/α,β-unsaturated/α-hetero) is 1. The molecule has 2 rings (SSSR count). The molecule has 0 fully saturated rings. The minimum Gasteiger partial charge on any atom is -0.346 e. The second-order valence-electron chi connectivity index (χ2n) is 6.72. The molecule has 0 saturated carbocycles. The van der Waals surface area contributed by atoms with E-state index in [9.17, 15) is 14.4 Å². The number of nitrogens with zero attached hydrogens (tertiary/aromatic N) is 1. The zero-order valence-electron chi connectivity index (χ0n) is 14.7. The molecule has 1 aromatic heterocycles. The monoisotopic (exact) mass is 339 g/mol. The Morgan fingerprint density at radius 2 is 1.68 bits per heavy atom. The number of aromatic nitrogens is 1. The Morgan fingerprint density at radius 3 is 2.32 bits per heavy atom. The molecule has 1 heterocycles. The number of benzene rings is 1. The SMILES string of the molecule is CC(=O)c1cccc(NC(=O)c2ccnc(C(=O)NC(C)(C)C)c2)c1. The Labute approximate surface area is 146 Å². The second kappa shape index (κ2) is 7.25. The van der Waals surface area contributed by atoms with Gasteiger partial charge in [-0.1, -0.05) is 12.1 Å². The number of hydrogen-bond donors (Lipinski definition) is 2. The molecular weight excluding hydrogens is 318 g/mol. The third kappa shape index (κ3) is 5.24. The van der Waals surface area contributed by atoms with E-state index in [0.717, 1.165) is 0 Å². The van der Waals surface area contributed by atoms with Crippen LogP contribution in [-0.4, -0.2) is 28.1 Å². The summed E-state index contributed by atoms with van der Waals surface area (Å²) >= 11 is 0. The minimum absolute atomic E-state index is 0.0823. The summed E-state index contributed by atoms with van der Waals surface area (Å²) in [6.45, 7) is 7.06. The quantitative estimate of drug-likeness (QED) is 0.838. The fourth-order valence-corrected chi connectivity index (χ4v) is 2.12. The highest BCUT2D eigenvalue weighted by Crippen LogP contribution is 2.13. The maximum absolute atomic E-state index is 12.4. The standard InChI is InChI=1S/C19H21N3O3/c1-12(23)13-6-5-7-15(10-13)21-17(24)14-8-9-20-16(11-14)18(25)22-19(2,3)4/h5-11H,1-4H3,(H,21,24)(H,22,25).